The Morgan fingerprint density at radius 3 is 2.63 bits per heavy atom. The van der Waals surface area contributed by atoms with Gasteiger partial charge in [0, 0.05) is 12.1 Å². The second-order valence-electron chi connectivity index (χ2n) is 5.14. The summed E-state index contributed by atoms with van der Waals surface area (Å²) in [6, 6.07) is 0.632. The number of rotatable bonds is 3. The third kappa shape index (κ3) is 3.20. The third-order valence-electron chi connectivity index (χ3n) is 3.56. The van der Waals surface area contributed by atoms with Crippen LogP contribution in [0.15, 0.2) is 5.16 Å². The van der Waals surface area contributed by atoms with E-state index in [2.05, 4.69) is 29.0 Å². The zero-order valence-electron chi connectivity index (χ0n) is 11.6. The molecule has 0 aliphatic carbocycles. The van der Waals surface area contributed by atoms with Crippen LogP contribution in [0.25, 0.3) is 0 Å². The molecule has 3 atom stereocenters. The van der Waals surface area contributed by atoms with Crippen LogP contribution in [0.4, 0.5) is 5.95 Å². The van der Waals surface area contributed by atoms with Gasteiger partial charge >= 0.3 is 0 Å². The first kappa shape index (κ1) is 14.2. The van der Waals surface area contributed by atoms with Crippen molar-refractivity contribution in [2.45, 2.75) is 62.5 Å². The fraction of sp³-hybridized carbons (Fsp3) is 0.750. The van der Waals surface area contributed by atoms with Gasteiger partial charge in [0.2, 0.25) is 17.0 Å². The number of hydrogen-bond acceptors (Lipinski definition) is 5. The van der Waals surface area contributed by atoms with Gasteiger partial charge in [-0.1, -0.05) is 11.8 Å². The number of likely N-dealkylation sites (tertiary alicyclic amines) is 1. The van der Waals surface area contributed by atoms with Gasteiger partial charge in [-0.3, -0.25) is 4.79 Å². The van der Waals surface area contributed by atoms with Gasteiger partial charge in [0.25, 0.3) is 0 Å². The molecule has 0 spiro atoms. The van der Waals surface area contributed by atoms with Crippen LogP contribution >= 0.6 is 11.8 Å². The highest BCUT2D eigenvalue weighted by atomic mass is 32.2. The molecule has 0 saturated carbocycles. The summed E-state index contributed by atoms with van der Waals surface area (Å²) in [7, 11) is 0. The van der Waals surface area contributed by atoms with Crippen LogP contribution in [-0.4, -0.2) is 43.3 Å². The van der Waals surface area contributed by atoms with Crippen molar-refractivity contribution >= 4 is 23.6 Å². The van der Waals surface area contributed by atoms with E-state index in [4.69, 9.17) is 5.73 Å². The Labute approximate surface area is 117 Å². The quantitative estimate of drug-likeness (QED) is 0.824. The number of aromatic nitrogens is 3. The molecule has 7 heteroatoms. The van der Waals surface area contributed by atoms with Gasteiger partial charge in [0.1, 0.15) is 0 Å². The molecular weight excluding hydrogens is 262 g/mol. The minimum atomic E-state index is -0.196. The molecule has 1 saturated heterocycles. The fourth-order valence-corrected chi connectivity index (χ4v) is 3.37. The standard InChI is InChI=1S/C12H21N5OS/c1-7-5-4-6-8(2)17(7)10(18)9(3)19-12-14-11(13)15-16-12/h7-9H,4-6H2,1-3H3,(H3,13,14,15,16)/t7-,8-,9-/m1/s1. The molecule has 2 rings (SSSR count). The second kappa shape index (κ2) is 5.81. The molecule has 2 heterocycles. The Morgan fingerprint density at radius 1 is 1.47 bits per heavy atom. The number of carbonyl (C=O) groups is 1. The van der Waals surface area contributed by atoms with Gasteiger partial charge in [-0.05, 0) is 40.0 Å². The van der Waals surface area contributed by atoms with E-state index in [1.165, 1.54) is 18.2 Å². The number of anilines is 1. The lowest BCUT2D eigenvalue weighted by Gasteiger charge is -2.40. The maximum absolute atomic E-state index is 12.5. The lowest BCUT2D eigenvalue weighted by molar-refractivity contribution is -0.136. The second-order valence-corrected chi connectivity index (χ2v) is 6.45. The third-order valence-corrected chi connectivity index (χ3v) is 4.51. The van der Waals surface area contributed by atoms with E-state index in [9.17, 15) is 4.79 Å². The molecule has 19 heavy (non-hydrogen) atoms. The molecule has 1 aromatic rings. The molecule has 0 aromatic carbocycles. The van der Waals surface area contributed by atoms with Crippen molar-refractivity contribution in [3.05, 3.63) is 0 Å². The number of aromatic amines is 1. The topological polar surface area (TPSA) is 87.9 Å². The first-order valence-electron chi connectivity index (χ1n) is 6.65. The lowest BCUT2D eigenvalue weighted by Crippen LogP contribution is -2.50. The Bertz CT molecular complexity index is 439. The molecule has 6 nitrogen and oxygen atoms in total. The van der Waals surface area contributed by atoms with E-state index >= 15 is 0 Å². The molecular formula is C12H21N5OS. The van der Waals surface area contributed by atoms with Crippen LogP contribution in [0.5, 0.6) is 0 Å². The summed E-state index contributed by atoms with van der Waals surface area (Å²) in [5.41, 5.74) is 5.48. The maximum atomic E-state index is 12.5. The Morgan fingerprint density at radius 2 is 2.11 bits per heavy atom. The first-order chi connectivity index (χ1) is 8.99. The summed E-state index contributed by atoms with van der Waals surface area (Å²) in [6.07, 6.45) is 3.37. The number of nitrogen functional groups attached to an aromatic ring is 1. The Kier molecular flexibility index (Phi) is 4.34. The highest BCUT2D eigenvalue weighted by molar-refractivity contribution is 8.00. The molecule has 0 unspecified atom stereocenters. The summed E-state index contributed by atoms with van der Waals surface area (Å²) in [5, 5.41) is 6.86. The predicted molar refractivity (Wildman–Crippen MR) is 75.7 cm³/mol. The minimum absolute atomic E-state index is 0.160. The van der Waals surface area contributed by atoms with Gasteiger partial charge in [0.05, 0.1) is 5.25 Å². The number of thioether (sulfide) groups is 1. The summed E-state index contributed by atoms with van der Waals surface area (Å²) in [4.78, 5) is 18.6. The van der Waals surface area contributed by atoms with E-state index in [-0.39, 0.29) is 17.1 Å². The molecule has 1 aliphatic heterocycles. The average molecular weight is 283 g/mol. The van der Waals surface area contributed by atoms with E-state index < -0.39 is 0 Å². The van der Waals surface area contributed by atoms with E-state index in [0.717, 1.165) is 12.8 Å². The monoisotopic (exact) mass is 283 g/mol. The molecule has 3 N–H and O–H groups in total. The van der Waals surface area contributed by atoms with E-state index in [1.54, 1.807) is 0 Å². The normalized spacial score (nSPS) is 25.3. The number of nitrogens with one attached hydrogen (secondary N) is 1. The van der Waals surface area contributed by atoms with Crippen LogP contribution in [0.3, 0.4) is 0 Å². The van der Waals surface area contributed by atoms with Crippen molar-refractivity contribution in [1.29, 1.82) is 0 Å². The number of piperidine rings is 1. The molecule has 1 aliphatic rings. The van der Waals surface area contributed by atoms with Crippen LogP contribution in [0.2, 0.25) is 0 Å². The van der Waals surface area contributed by atoms with Gasteiger partial charge in [0.15, 0.2) is 0 Å². The van der Waals surface area contributed by atoms with Crippen molar-refractivity contribution in [2.24, 2.45) is 0 Å². The van der Waals surface area contributed by atoms with E-state index in [0.29, 0.717) is 17.2 Å². The van der Waals surface area contributed by atoms with Crippen LogP contribution in [0.1, 0.15) is 40.0 Å². The number of carbonyl (C=O) groups excluding carboxylic acids is 1. The smallest absolute Gasteiger partial charge is 0.236 e. The number of hydrogen-bond donors (Lipinski definition) is 2. The van der Waals surface area contributed by atoms with Crippen molar-refractivity contribution in [3.63, 3.8) is 0 Å². The highest BCUT2D eigenvalue weighted by Gasteiger charge is 2.32. The van der Waals surface area contributed by atoms with Gasteiger partial charge < -0.3 is 10.6 Å². The largest absolute Gasteiger partial charge is 0.368 e. The van der Waals surface area contributed by atoms with E-state index in [1.807, 2.05) is 11.8 Å². The zero-order valence-corrected chi connectivity index (χ0v) is 12.4. The molecule has 0 radical (unpaired) electrons. The molecule has 1 aromatic heterocycles. The Hall–Kier alpha value is -1.24. The molecule has 0 bridgehead atoms. The van der Waals surface area contributed by atoms with Crippen LogP contribution < -0.4 is 5.73 Å². The Balaban J connectivity index is 2.01. The summed E-state index contributed by atoms with van der Waals surface area (Å²) >= 11 is 1.35. The predicted octanol–water partition coefficient (Wildman–Crippen LogP) is 1.66. The minimum Gasteiger partial charge on any atom is -0.368 e. The van der Waals surface area contributed by atoms with Crippen molar-refractivity contribution in [2.75, 3.05) is 5.73 Å². The van der Waals surface area contributed by atoms with Crippen molar-refractivity contribution < 1.29 is 4.79 Å². The summed E-state index contributed by atoms with van der Waals surface area (Å²) in [6.45, 7) is 6.14. The molecule has 1 fully saturated rings. The van der Waals surface area contributed by atoms with Crippen LogP contribution in [-0.2, 0) is 4.79 Å². The van der Waals surface area contributed by atoms with Gasteiger partial charge in [-0.2, -0.15) is 4.98 Å². The number of amides is 1. The zero-order chi connectivity index (χ0) is 14.0. The fourth-order valence-electron chi connectivity index (χ4n) is 2.58. The van der Waals surface area contributed by atoms with Gasteiger partial charge in [-0.15, -0.1) is 5.10 Å². The first-order valence-corrected chi connectivity index (χ1v) is 7.53. The van der Waals surface area contributed by atoms with Crippen LogP contribution in [0, 0.1) is 0 Å². The number of H-pyrrole nitrogens is 1. The molecule has 106 valence electrons. The van der Waals surface area contributed by atoms with Crippen molar-refractivity contribution in [1.82, 2.24) is 20.1 Å². The average Bonchev–Trinajstić information content (AvgIpc) is 2.74. The highest BCUT2D eigenvalue weighted by Crippen LogP contribution is 2.27. The SMILES string of the molecule is C[C@@H]1CCC[C@@H](C)N1C(=O)[C@@H](C)Sc1n[nH]c(N)n1. The van der Waals surface area contributed by atoms with Gasteiger partial charge in [-0.25, -0.2) is 5.10 Å². The number of nitrogens with zero attached hydrogens (tertiary/aromatic N) is 3. The summed E-state index contributed by atoms with van der Waals surface area (Å²) < 4.78 is 0. The maximum Gasteiger partial charge on any atom is 0.236 e. The number of nitrogens with two attached hydrogens (primary N) is 1. The summed E-state index contributed by atoms with van der Waals surface area (Å²) in [5.74, 6) is 0.440. The molecule has 1 amide bonds. The van der Waals surface area contributed by atoms with Crippen molar-refractivity contribution in [3.8, 4) is 0 Å². The lowest BCUT2D eigenvalue weighted by atomic mass is 9.97.